The van der Waals surface area contributed by atoms with Gasteiger partial charge in [0.25, 0.3) is 0 Å². The first-order valence-corrected chi connectivity index (χ1v) is 10.5. The standard InChI is InChI=1S/C24H26N4O4/c1-31-20-11-7-6-10-17(20)22-21-18(25-15-26-21)12-13-28(22)24(30)27-19(23(29)32-2)14-16-8-4-3-5-9-16/h3-11,15,19,22H,12-14H2,1-2H3,(H,25,26)(H,27,30). The minimum atomic E-state index is -0.811. The fraction of sp³-hybridized carbons (Fsp3) is 0.292. The normalized spacial score (nSPS) is 16.1. The molecule has 1 aliphatic heterocycles. The van der Waals surface area contributed by atoms with Crippen molar-refractivity contribution in [3.8, 4) is 5.75 Å². The van der Waals surface area contributed by atoms with Crippen molar-refractivity contribution < 1.29 is 19.1 Å². The Balaban J connectivity index is 1.64. The number of carbonyl (C=O) groups is 2. The molecule has 0 aliphatic carbocycles. The number of hydrogen-bond acceptors (Lipinski definition) is 5. The number of para-hydroxylation sites is 1. The topological polar surface area (TPSA) is 96.6 Å². The minimum absolute atomic E-state index is 0.333. The maximum absolute atomic E-state index is 13.5. The molecule has 0 radical (unpaired) electrons. The highest BCUT2D eigenvalue weighted by Crippen LogP contribution is 2.37. The third-order valence-electron chi connectivity index (χ3n) is 5.69. The molecule has 0 fully saturated rings. The molecule has 4 rings (SSSR count). The van der Waals surface area contributed by atoms with Gasteiger partial charge in [-0.2, -0.15) is 0 Å². The molecule has 0 saturated carbocycles. The summed E-state index contributed by atoms with van der Waals surface area (Å²) < 4.78 is 10.5. The van der Waals surface area contributed by atoms with Crippen molar-refractivity contribution in [3.05, 3.63) is 83.4 Å². The fourth-order valence-corrected chi connectivity index (χ4v) is 4.12. The molecule has 0 bridgehead atoms. The molecule has 0 spiro atoms. The lowest BCUT2D eigenvalue weighted by Crippen LogP contribution is -2.52. The summed E-state index contributed by atoms with van der Waals surface area (Å²) in [5, 5.41) is 2.88. The maximum Gasteiger partial charge on any atom is 0.328 e. The number of benzene rings is 2. The van der Waals surface area contributed by atoms with Crippen LogP contribution in [0.2, 0.25) is 0 Å². The van der Waals surface area contributed by atoms with Crippen LogP contribution < -0.4 is 10.1 Å². The van der Waals surface area contributed by atoms with Gasteiger partial charge in [-0.3, -0.25) is 0 Å². The highest BCUT2D eigenvalue weighted by molar-refractivity contribution is 5.84. The molecule has 8 nitrogen and oxygen atoms in total. The van der Waals surface area contributed by atoms with Crippen molar-refractivity contribution in [2.75, 3.05) is 20.8 Å². The van der Waals surface area contributed by atoms with Gasteiger partial charge in [0.15, 0.2) is 0 Å². The first-order valence-electron chi connectivity index (χ1n) is 10.5. The van der Waals surface area contributed by atoms with E-state index in [1.807, 2.05) is 54.6 Å². The summed E-state index contributed by atoms with van der Waals surface area (Å²) in [4.78, 5) is 35.3. The van der Waals surface area contributed by atoms with E-state index in [9.17, 15) is 9.59 Å². The predicted molar refractivity (Wildman–Crippen MR) is 118 cm³/mol. The fourth-order valence-electron chi connectivity index (χ4n) is 4.12. The van der Waals surface area contributed by atoms with Crippen LogP contribution in [-0.4, -0.2) is 53.7 Å². The summed E-state index contributed by atoms with van der Waals surface area (Å²) in [6.45, 7) is 0.461. The second-order valence-corrected chi connectivity index (χ2v) is 7.57. The molecule has 8 heteroatoms. The number of carbonyl (C=O) groups excluding carboxylic acids is 2. The number of hydrogen-bond donors (Lipinski definition) is 2. The zero-order valence-corrected chi connectivity index (χ0v) is 18.1. The predicted octanol–water partition coefficient (Wildman–Crippen LogP) is 2.86. The van der Waals surface area contributed by atoms with E-state index in [0.717, 1.165) is 22.5 Å². The van der Waals surface area contributed by atoms with Crippen molar-refractivity contribution in [2.45, 2.75) is 24.9 Å². The van der Waals surface area contributed by atoms with Crippen LogP contribution in [0.3, 0.4) is 0 Å². The van der Waals surface area contributed by atoms with Gasteiger partial charge < -0.3 is 24.7 Å². The highest BCUT2D eigenvalue weighted by Gasteiger charge is 2.37. The molecule has 2 N–H and O–H groups in total. The molecule has 166 valence electrons. The van der Waals surface area contributed by atoms with E-state index in [2.05, 4.69) is 15.3 Å². The van der Waals surface area contributed by atoms with E-state index in [4.69, 9.17) is 9.47 Å². The number of ether oxygens (including phenoxy) is 2. The Morgan fingerprint density at radius 2 is 1.91 bits per heavy atom. The van der Waals surface area contributed by atoms with Crippen LogP contribution in [0.1, 0.15) is 28.6 Å². The average molecular weight is 434 g/mol. The Bertz CT molecular complexity index is 1080. The van der Waals surface area contributed by atoms with Gasteiger partial charge in [0, 0.05) is 30.6 Å². The van der Waals surface area contributed by atoms with Gasteiger partial charge in [0.05, 0.1) is 26.2 Å². The van der Waals surface area contributed by atoms with Gasteiger partial charge in [0.1, 0.15) is 17.8 Å². The van der Waals surface area contributed by atoms with Gasteiger partial charge in [-0.1, -0.05) is 48.5 Å². The van der Waals surface area contributed by atoms with Gasteiger partial charge >= 0.3 is 12.0 Å². The molecule has 32 heavy (non-hydrogen) atoms. The molecule has 3 aromatic rings. The van der Waals surface area contributed by atoms with E-state index in [1.165, 1.54) is 7.11 Å². The molecular weight excluding hydrogens is 408 g/mol. The van der Waals surface area contributed by atoms with Crippen LogP contribution in [0, 0.1) is 0 Å². The van der Waals surface area contributed by atoms with Crippen LogP contribution in [0.4, 0.5) is 4.79 Å². The summed E-state index contributed by atoms with van der Waals surface area (Å²) >= 11 is 0. The Labute approximate surface area is 186 Å². The quantitative estimate of drug-likeness (QED) is 0.582. The van der Waals surface area contributed by atoms with Gasteiger partial charge in [0.2, 0.25) is 0 Å². The average Bonchev–Trinajstić information content (AvgIpc) is 3.32. The van der Waals surface area contributed by atoms with E-state index in [1.54, 1.807) is 18.3 Å². The lowest BCUT2D eigenvalue weighted by Gasteiger charge is -2.36. The summed E-state index contributed by atoms with van der Waals surface area (Å²) in [5.41, 5.74) is 3.51. The Morgan fingerprint density at radius 3 is 2.66 bits per heavy atom. The number of amides is 2. The smallest absolute Gasteiger partial charge is 0.328 e. The number of methoxy groups -OCH3 is 2. The summed E-state index contributed by atoms with van der Waals surface area (Å²) in [6.07, 6.45) is 2.61. The van der Waals surface area contributed by atoms with Crippen LogP contribution in [-0.2, 0) is 22.4 Å². The van der Waals surface area contributed by atoms with Gasteiger partial charge in [-0.25, -0.2) is 14.6 Å². The van der Waals surface area contributed by atoms with Crippen LogP contribution in [0.15, 0.2) is 60.9 Å². The van der Waals surface area contributed by atoms with Crippen LogP contribution in [0.25, 0.3) is 0 Å². The maximum atomic E-state index is 13.5. The second-order valence-electron chi connectivity index (χ2n) is 7.57. The van der Waals surface area contributed by atoms with Crippen molar-refractivity contribution in [2.24, 2.45) is 0 Å². The number of aromatic amines is 1. The third kappa shape index (κ3) is 4.30. The molecule has 2 atom stereocenters. The number of fused-ring (bicyclic) bond motifs is 1. The summed E-state index contributed by atoms with van der Waals surface area (Å²) in [5.74, 6) is 0.175. The largest absolute Gasteiger partial charge is 0.496 e. The lowest BCUT2D eigenvalue weighted by molar-refractivity contribution is -0.142. The second kappa shape index (κ2) is 9.55. The molecule has 2 unspecified atom stereocenters. The molecular formula is C24H26N4O4. The zero-order valence-electron chi connectivity index (χ0n) is 18.1. The van der Waals surface area contributed by atoms with E-state index in [-0.39, 0.29) is 6.03 Å². The Kier molecular flexibility index (Phi) is 6.39. The van der Waals surface area contributed by atoms with Crippen molar-refractivity contribution in [1.29, 1.82) is 0 Å². The SMILES string of the molecule is COC(=O)C(Cc1ccccc1)NC(=O)N1CCc2[nH]cnc2C1c1ccccc1OC. The molecule has 2 heterocycles. The van der Waals surface area contributed by atoms with E-state index < -0.39 is 18.1 Å². The van der Waals surface area contributed by atoms with Gasteiger partial charge in [-0.15, -0.1) is 0 Å². The number of urea groups is 1. The number of nitrogens with one attached hydrogen (secondary N) is 2. The first kappa shape index (κ1) is 21.4. The Hall–Kier alpha value is -3.81. The number of esters is 1. The highest BCUT2D eigenvalue weighted by atomic mass is 16.5. The van der Waals surface area contributed by atoms with Crippen molar-refractivity contribution in [3.63, 3.8) is 0 Å². The first-order chi connectivity index (χ1) is 15.6. The van der Waals surface area contributed by atoms with E-state index in [0.29, 0.717) is 25.1 Å². The summed E-state index contributed by atoms with van der Waals surface area (Å²) in [6, 6.07) is 15.5. The zero-order chi connectivity index (χ0) is 22.5. The van der Waals surface area contributed by atoms with Crippen LogP contribution >= 0.6 is 0 Å². The number of aromatic nitrogens is 2. The van der Waals surface area contributed by atoms with E-state index >= 15 is 0 Å². The molecule has 1 aliphatic rings. The number of rotatable bonds is 6. The molecule has 2 aromatic carbocycles. The Morgan fingerprint density at radius 1 is 1.16 bits per heavy atom. The minimum Gasteiger partial charge on any atom is -0.496 e. The molecule has 2 amide bonds. The molecule has 1 aromatic heterocycles. The lowest BCUT2D eigenvalue weighted by atomic mass is 9.95. The number of imidazole rings is 1. The van der Waals surface area contributed by atoms with Crippen molar-refractivity contribution >= 4 is 12.0 Å². The van der Waals surface area contributed by atoms with Crippen molar-refractivity contribution in [1.82, 2.24) is 20.2 Å². The van der Waals surface area contributed by atoms with Crippen LogP contribution in [0.5, 0.6) is 5.75 Å². The summed E-state index contributed by atoms with van der Waals surface area (Å²) in [7, 11) is 2.92. The molecule has 0 saturated heterocycles. The monoisotopic (exact) mass is 434 g/mol. The number of nitrogens with zero attached hydrogens (tertiary/aromatic N) is 2. The third-order valence-corrected chi connectivity index (χ3v) is 5.69. The number of H-pyrrole nitrogens is 1. The van der Waals surface area contributed by atoms with Gasteiger partial charge in [-0.05, 0) is 11.6 Å².